The van der Waals surface area contributed by atoms with Crippen molar-refractivity contribution in [3.63, 3.8) is 0 Å². The second kappa shape index (κ2) is 6.47. The third-order valence-electron chi connectivity index (χ3n) is 5.26. The summed E-state index contributed by atoms with van der Waals surface area (Å²) in [4.78, 5) is 15.9. The predicted octanol–water partition coefficient (Wildman–Crippen LogP) is 3.29. The summed E-state index contributed by atoms with van der Waals surface area (Å²) in [5.74, 6) is 3.06. The molecule has 0 unspecified atom stereocenters. The summed E-state index contributed by atoms with van der Waals surface area (Å²) in [5.41, 5.74) is 6.93. The normalized spacial score (nSPS) is 24.0. The first-order valence-electron chi connectivity index (χ1n) is 9.05. The maximum atomic E-state index is 12.6. The number of aromatic nitrogens is 3. The van der Waals surface area contributed by atoms with E-state index in [0.29, 0.717) is 28.5 Å². The van der Waals surface area contributed by atoms with Gasteiger partial charge in [0, 0.05) is 47.3 Å². The lowest BCUT2D eigenvalue weighted by Crippen LogP contribution is -2.34. The highest BCUT2D eigenvalue weighted by Gasteiger charge is 2.40. The van der Waals surface area contributed by atoms with Crippen molar-refractivity contribution in [1.29, 1.82) is 0 Å². The number of pyridine rings is 1. The molecule has 2 bridgehead atoms. The fourth-order valence-corrected chi connectivity index (χ4v) is 5.17. The number of hydrogen-bond donors (Lipinski definition) is 1. The number of ether oxygens (including phenoxy) is 1. The Labute approximate surface area is 159 Å². The number of nitrogens with zero attached hydrogens (tertiary/aromatic N) is 4. The summed E-state index contributed by atoms with van der Waals surface area (Å²) in [5, 5.41) is 0.669. The van der Waals surface area contributed by atoms with Crippen molar-refractivity contribution in [2.24, 2.45) is 0 Å². The molecule has 0 amide bonds. The lowest BCUT2D eigenvalue weighted by Gasteiger charge is -2.28. The van der Waals surface area contributed by atoms with Crippen LogP contribution in [0.15, 0.2) is 18.3 Å². The van der Waals surface area contributed by atoms with E-state index >= 15 is 0 Å². The van der Waals surface area contributed by atoms with Crippen LogP contribution in [-0.2, 0) is 0 Å². The van der Waals surface area contributed by atoms with Gasteiger partial charge in [-0.25, -0.2) is 15.0 Å². The average molecular weight is 391 g/mol. The lowest BCUT2D eigenvalue weighted by atomic mass is 10.1. The molecule has 0 aromatic carbocycles. The molecule has 2 aromatic rings. The minimum atomic E-state index is -2.95. The summed E-state index contributed by atoms with van der Waals surface area (Å²) in [6, 6.07) is 3.91. The Balaban J connectivity index is 1.54. The number of fused-ring (bicyclic) bond motifs is 2. The second-order valence-corrected chi connectivity index (χ2v) is 8.56. The van der Waals surface area contributed by atoms with E-state index in [2.05, 4.69) is 19.6 Å². The Morgan fingerprint density at radius 2 is 2.11 bits per heavy atom. The molecule has 2 aliphatic heterocycles. The van der Waals surface area contributed by atoms with Gasteiger partial charge in [0.25, 0.3) is 0 Å². The van der Waals surface area contributed by atoms with E-state index < -0.39 is 6.61 Å². The van der Waals surface area contributed by atoms with Crippen LogP contribution in [0.3, 0.4) is 0 Å². The molecule has 4 heterocycles. The van der Waals surface area contributed by atoms with E-state index in [0.717, 1.165) is 36.8 Å². The lowest BCUT2D eigenvalue weighted by molar-refractivity contribution is -0.0494. The van der Waals surface area contributed by atoms with Crippen LogP contribution in [0.4, 0.5) is 20.4 Å². The van der Waals surface area contributed by atoms with Gasteiger partial charge < -0.3 is 15.4 Å². The van der Waals surface area contributed by atoms with Crippen molar-refractivity contribution >= 4 is 23.4 Å². The third-order valence-corrected chi connectivity index (χ3v) is 6.65. The van der Waals surface area contributed by atoms with E-state index in [1.54, 1.807) is 6.20 Å². The van der Waals surface area contributed by atoms with Gasteiger partial charge in [0.05, 0.1) is 5.69 Å². The van der Waals surface area contributed by atoms with Crippen LogP contribution in [0.25, 0.3) is 11.3 Å². The van der Waals surface area contributed by atoms with E-state index in [1.807, 2.05) is 17.8 Å². The van der Waals surface area contributed by atoms with Gasteiger partial charge in [-0.1, -0.05) is 0 Å². The van der Waals surface area contributed by atoms with Crippen LogP contribution in [-0.4, -0.2) is 45.2 Å². The number of hydrogen-bond acceptors (Lipinski definition) is 7. The smallest absolute Gasteiger partial charge is 0.387 e. The molecule has 2 saturated heterocycles. The number of nitrogen functional groups attached to an aromatic ring is 1. The monoisotopic (exact) mass is 391 g/mol. The van der Waals surface area contributed by atoms with Crippen molar-refractivity contribution in [2.75, 3.05) is 22.9 Å². The first kappa shape index (κ1) is 17.0. The number of nitrogens with two attached hydrogens (primary N) is 1. The predicted molar refractivity (Wildman–Crippen MR) is 100 cm³/mol. The van der Waals surface area contributed by atoms with Gasteiger partial charge in [0.2, 0.25) is 0 Å². The summed E-state index contributed by atoms with van der Waals surface area (Å²) in [6.45, 7) is -1.96. The van der Waals surface area contributed by atoms with E-state index in [4.69, 9.17) is 10.7 Å². The van der Waals surface area contributed by atoms with Crippen LogP contribution >= 0.6 is 11.8 Å². The minimum Gasteiger partial charge on any atom is -0.431 e. The average Bonchev–Trinajstić information content (AvgIpc) is 3.29. The number of thioether (sulfide) groups is 1. The Kier molecular flexibility index (Phi) is 4.07. The SMILES string of the molecule is Nc1ncc(-c2cc(N3C[C@@H]4C[C@H]3CS4)nc(C3CC3)n2)cc1OC(F)F. The van der Waals surface area contributed by atoms with Crippen LogP contribution in [0.2, 0.25) is 0 Å². The maximum Gasteiger partial charge on any atom is 0.387 e. The molecule has 2 aromatic heterocycles. The Morgan fingerprint density at radius 3 is 2.78 bits per heavy atom. The third kappa shape index (κ3) is 3.28. The molecular weight excluding hydrogens is 372 g/mol. The molecule has 3 aliphatic rings. The zero-order valence-corrected chi connectivity index (χ0v) is 15.3. The Morgan fingerprint density at radius 1 is 1.26 bits per heavy atom. The highest BCUT2D eigenvalue weighted by atomic mass is 32.2. The molecule has 5 rings (SSSR count). The Bertz CT molecular complexity index is 879. The summed E-state index contributed by atoms with van der Waals surface area (Å²) in [6.07, 6.45) is 4.91. The van der Waals surface area contributed by atoms with Gasteiger partial charge in [0.1, 0.15) is 11.6 Å². The molecular formula is C18H19F2N5OS. The number of rotatable bonds is 5. The first-order valence-corrected chi connectivity index (χ1v) is 10.1. The van der Waals surface area contributed by atoms with Crippen molar-refractivity contribution in [2.45, 2.75) is 43.1 Å². The van der Waals surface area contributed by atoms with Crippen molar-refractivity contribution < 1.29 is 13.5 Å². The molecule has 1 saturated carbocycles. The second-order valence-electron chi connectivity index (χ2n) is 7.23. The molecule has 142 valence electrons. The highest BCUT2D eigenvalue weighted by Crippen LogP contribution is 2.43. The molecule has 3 fully saturated rings. The fraction of sp³-hybridized carbons (Fsp3) is 0.500. The quantitative estimate of drug-likeness (QED) is 0.838. The van der Waals surface area contributed by atoms with Gasteiger partial charge in [0.15, 0.2) is 11.6 Å². The highest BCUT2D eigenvalue weighted by molar-refractivity contribution is 8.00. The number of alkyl halides is 2. The van der Waals surface area contributed by atoms with Crippen LogP contribution in [0.5, 0.6) is 5.75 Å². The van der Waals surface area contributed by atoms with Crippen molar-refractivity contribution in [3.05, 3.63) is 24.2 Å². The van der Waals surface area contributed by atoms with Gasteiger partial charge in [-0.05, 0) is 25.3 Å². The van der Waals surface area contributed by atoms with Crippen LogP contribution in [0.1, 0.15) is 31.0 Å². The molecule has 1 aliphatic carbocycles. The largest absolute Gasteiger partial charge is 0.431 e. The standard InChI is InChI=1S/C18H19F2N5OS/c19-18(20)26-14-3-10(6-22-16(14)21)13-5-15(24-17(23-13)9-1-2-9)25-7-12-4-11(25)8-27-12/h3,5-6,9,11-12,18H,1-2,4,7-8H2,(H2,21,22)/t11-,12-/m0/s1. The van der Waals surface area contributed by atoms with Gasteiger partial charge in [-0.15, -0.1) is 0 Å². The van der Waals surface area contributed by atoms with E-state index in [9.17, 15) is 8.78 Å². The van der Waals surface area contributed by atoms with Crippen LogP contribution < -0.4 is 15.4 Å². The summed E-state index contributed by atoms with van der Waals surface area (Å²) >= 11 is 2.03. The van der Waals surface area contributed by atoms with Gasteiger partial charge in [-0.3, -0.25) is 0 Å². The molecule has 2 N–H and O–H groups in total. The van der Waals surface area contributed by atoms with E-state index in [-0.39, 0.29) is 11.6 Å². The number of anilines is 2. The summed E-state index contributed by atoms with van der Waals surface area (Å²) in [7, 11) is 0. The molecule has 0 radical (unpaired) electrons. The molecule has 2 atom stereocenters. The summed E-state index contributed by atoms with van der Waals surface area (Å²) < 4.78 is 29.7. The van der Waals surface area contributed by atoms with Crippen molar-refractivity contribution in [3.8, 4) is 17.0 Å². The zero-order valence-electron chi connectivity index (χ0n) is 14.5. The maximum absolute atomic E-state index is 12.6. The minimum absolute atomic E-state index is 0.0652. The van der Waals surface area contributed by atoms with Crippen molar-refractivity contribution in [1.82, 2.24) is 15.0 Å². The first-order chi connectivity index (χ1) is 13.1. The molecule has 9 heteroatoms. The number of halogens is 2. The van der Waals surface area contributed by atoms with Crippen LogP contribution in [0, 0.1) is 0 Å². The topological polar surface area (TPSA) is 77.2 Å². The fourth-order valence-electron chi connectivity index (χ4n) is 3.74. The molecule has 0 spiro atoms. The van der Waals surface area contributed by atoms with Gasteiger partial charge in [-0.2, -0.15) is 20.5 Å². The Hall–Kier alpha value is -2.16. The molecule has 6 nitrogen and oxygen atoms in total. The van der Waals surface area contributed by atoms with Gasteiger partial charge >= 0.3 is 6.61 Å². The molecule has 27 heavy (non-hydrogen) atoms. The van der Waals surface area contributed by atoms with E-state index in [1.165, 1.54) is 12.5 Å². The zero-order chi connectivity index (χ0) is 18.5.